The summed E-state index contributed by atoms with van der Waals surface area (Å²) in [7, 11) is 3.14. The highest BCUT2D eigenvalue weighted by molar-refractivity contribution is 5.91. The molecule has 0 amide bonds. The molecule has 0 bridgehead atoms. The summed E-state index contributed by atoms with van der Waals surface area (Å²) in [4.78, 5) is 17.5. The number of benzene rings is 2. The number of H-pyrrole nitrogens is 1. The van der Waals surface area contributed by atoms with Crippen LogP contribution in [0.25, 0.3) is 10.9 Å². The van der Waals surface area contributed by atoms with Crippen LogP contribution in [0.15, 0.2) is 48.7 Å². The Kier molecular flexibility index (Phi) is 7.53. The van der Waals surface area contributed by atoms with Gasteiger partial charge in [-0.15, -0.1) is 0 Å². The quantitative estimate of drug-likeness (QED) is 0.283. The topological polar surface area (TPSA) is 134 Å². The summed E-state index contributed by atoms with van der Waals surface area (Å²) in [6.45, 7) is 0. The van der Waals surface area contributed by atoms with E-state index in [0.717, 1.165) is 5.69 Å². The molecule has 10 nitrogen and oxygen atoms in total. The number of hydrogen-bond donors (Lipinski definition) is 4. The molecule has 4 rings (SSSR count). The average molecular weight is 494 g/mol. The Morgan fingerprint density at radius 1 is 1.06 bits per heavy atom. The van der Waals surface area contributed by atoms with Crippen molar-refractivity contribution in [1.82, 2.24) is 20.2 Å². The normalized spacial score (nSPS) is 10.8. The number of aromatic amines is 1. The lowest BCUT2D eigenvalue weighted by molar-refractivity contribution is -0.192. The lowest BCUT2D eigenvalue weighted by Gasteiger charge is -2.11. The minimum absolute atomic E-state index is 0.351. The molecular formula is C21H18F4N6O4. The molecule has 35 heavy (non-hydrogen) atoms. The van der Waals surface area contributed by atoms with E-state index in [2.05, 4.69) is 30.8 Å². The summed E-state index contributed by atoms with van der Waals surface area (Å²) < 4.78 is 56.4. The second-order valence-electron chi connectivity index (χ2n) is 6.62. The molecule has 2 aromatic heterocycles. The highest BCUT2D eigenvalue weighted by Gasteiger charge is 2.38. The number of alkyl halides is 3. The first-order valence-corrected chi connectivity index (χ1v) is 9.64. The molecule has 0 aliphatic rings. The summed E-state index contributed by atoms with van der Waals surface area (Å²) in [5, 5.41) is 20.5. The fraction of sp³-hybridized carbons (Fsp3) is 0.143. The number of aliphatic carboxylic acids is 1. The summed E-state index contributed by atoms with van der Waals surface area (Å²) in [5.41, 5.74) is 1.33. The first-order chi connectivity index (χ1) is 16.6. The van der Waals surface area contributed by atoms with E-state index >= 15 is 0 Å². The van der Waals surface area contributed by atoms with Crippen molar-refractivity contribution >= 4 is 40.1 Å². The Morgan fingerprint density at radius 2 is 1.77 bits per heavy atom. The van der Waals surface area contributed by atoms with Gasteiger partial charge < -0.3 is 25.2 Å². The van der Waals surface area contributed by atoms with E-state index in [9.17, 15) is 17.6 Å². The highest BCUT2D eigenvalue weighted by Crippen LogP contribution is 2.31. The number of aromatic nitrogens is 4. The van der Waals surface area contributed by atoms with E-state index in [0.29, 0.717) is 40.0 Å². The zero-order chi connectivity index (χ0) is 25.6. The standard InChI is InChI=1S/C19H17FN6O2.C2HF3O2/c1-27-14-7-6-11(10-15(14)28-2)22-19-21-9-8-16(24-19)23-18-17-12(20)4-3-5-13(17)25-26-18;3-2(4,5)1(6)7/h3-10H,1-2H3,(H3,21,22,23,24,25,26);(H,6,7). The molecule has 0 saturated carbocycles. The predicted molar refractivity (Wildman–Crippen MR) is 118 cm³/mol. The van der Waals surface area contributed by atoms with E-state index in [-0.39, 0.29) is 5.82 Å². The number of ether oxygens (including phenoxy) is 2. The number of nitrogens with zero attached hydrogens (tertiary/aromatic N) is 3. The molecule has 0 unspecified atom stereocenters. The van der Waals surface area contributed by atoms with Gasteiger partial charge in [-0.2, -0.15) is 23.3 Å². The molecule has 14 heteroatoms. The van der Waals surface area contributed by atoms with E-state index in [4.69, 9.17) is 19.4 Å². The molecular weight excluding hydrogens is 476 g/mol. The first kappa shape index (κ1) is 25.0. The molecule has 4 aromatic rings. The van der Waals surface area contributed by atoms with Crippen LogP contribution in [0.5, 0.6) is 11.5 Å². The number of halogens is 4. The van der Waals surface area contributed by atoms with Crippen LogP contribution in [0.3, 0.4) is 0 Å². The summed E-state index contributed by atoms with van der Waals surface area (Å²) in [5.74, 6) is -0.743. The number of rotatable bonds is 6. The Labute approximate surface area is 194 Å². The lowest BCUT2D eigenvalue weighted by Crippen LogP contribution is -2.21. The van der Waals surface area contributed by atoms with Crippen molar-refractivity contribution in [2.75, 3.05) is 24.9 Å². The van der Waals surface area contributed by atoms with E-state index in [1.807, 2.05) is 6.07 Å². The molecule has 2 aromatic carbocycles. The number of carboxylic acid groups (broad SMARTS) is 1. The molecule has 2 heterocycles. The van der Waals surface area contributed by atoms with Gasteiger partial charge in [-0.25, -0.2) is 14.2 Å². The van der Waals surface area contributed by atoms with Crippen LogP contribution in [-0.2, 0) is 4.79 Å². The van der Waals surface area contributed by atoms with Gasteiger partial charge >= 0.3 is 12.1 Å². The SMILES string of the molecule is COc1ccc(Nc2nccc(Nc3n[nH]c4cccc(F)c34)n2)cc1OC.O=C(O)C(F)(F)F. The molecule has 0 aliphatic heterocycles. The van der Waals surface area contributed by atoms with Gasteiger partial charge in [-0.3, -0.25) is 5.10 Å². The molecule has 0 fully saturated rings. The molecule has 0 radical (unpaired) electrons. The van der Waals surface area contributed by atoms with E-state index in [1.165, 1.54) is 6.07 Å². The van der Waals surface area contributed by atoms with E-state index in [1.54, 1.807) is 50.7 Å². The molecule has 0 saturated heterocycles. The van der Waals surface area contributed by atoms with Gasteiger partial charge in [-0.1, -0.05) is 6.07 Å². The average Bonchev–Trinajstić information content (AvgIpc) is 3.23. The van der Waals surface area contributed by atoms with Crippen LogP contribution in [0.2, 0.25) is 0 Å². The van der Waals surface area contributed by atoms with Crippen molar-refractivity contribution in [3.8, 4) is 11.5 Å². The molecule has 0 spiro atoms. The van der Waals surface area contributed by atoms with Gasteiger partial charge in [0.1, 0.15) is 11.6 Å². The van der Waals surface area contributed by atoms with Crippen molar-refractivity contribution < 1.29 is 36.9 Å². The van der Waals surface area contributed by atoms with Crippen molar-refractivity contribution in [2.45, 2.75) is 6.18 Å². The number of carbonyl (C=O) groups is 1. The van der Waals surface area contributed by atoms with Gasteiger partial charge in [0.25, 0.3) is 0 Å². The molecule has 184 valence electrons. The number of fused-ring (bicyclic) bond motifs is 1. The smallest absolute Gasteiger partial charge is 0.490 e. The number of methoxy groups -OCH3 is 2. The van der Waals surface area contributed by atoms with Crippen LogP contribution in [0.1, 0.15) is 0 Å². The Morgan fingerprint density at radius 3 is 2.43 bits per heavy atom. The second-order valence-corrected chi connectivity index (χ2v) is 6.62. The Bertz CT molecular complexity index is 1330. The third-order valence-corrected chi connectivity index (χ3v) is 4.32. The molecule has 4 N–H and O–H groups in total. The van der Waals surface area contributed by atoms with Crippen molar-refractivity contribution in [3.63, 3.8) is 0 Å². The van der Waals surface area contributed by atoms with Crippen molar-refractivity contribution in [3.05, 3.63) is 54.5 Å². The maximum absolute atomic E-state index is 14.1. The minimum atomic E-state index is -5.08. The van der Waals surface area contributed by atoms with Gasteiger partial charge in [-0.05, 0) is 30.3 Å². The zero-order valence-electron chi connectivity index (χ0n) is 18.1. The summed E-state index contributed by atoms with van der Waals surface area (Å²) >= 11 is 0. The van der Waals surface area contributed by atoms with Gasteiger partial charge in [0.15, 0.2) is 17.3 Å². The fourth-order valence-corrected chi connectivity index (χ4v) is 2.77. The van der Waals surface area contributed by atoms with Gasteiger partial charge in [0, 0.05) is 18.0 Å². The maximum Gasteiger partial charge on any atom is 0.490 e. The summed E-state index contributed by atoms with van der Waals surface area (Å²) in [6, 6.07) is 11.8. The lowest BCUT2D eigenvalue weighted by atomic mass is 10.2. The Balaban J connectivity index is 0.000000429. The van der Waals surface area contributed by atoms with Crippen LogP contribution < -0.4 is 20.1 Å². The largest absolute Gasteiger partial charge is 0.493 e. The van der Waals surface area contributed by atoms with Gasteiger partial charge in [0.2, 0.25) is 5.95 Å². The highest BCUT2D eigenvalue weighted by atomic mass is 19.4. The van der Waals surface area contributed by atoms with Crippen molar-refractivity contribution in [1.29, 1.82) is 0 Å². The Hall–Kier alpha value is -4.62. The third-order valence-electron chi connectivity index (χ3n) is 4.32. The van der Waals surface area contributed by atoms with Crippen LogP contribution in [0, 0.1) is 5.82 Å². The number of anilines is 4. The van der Waals surface area contributed by atoms with Crippen LogP contribution in [0.4, 0.5) is 40.8 Å². The number of nitrogens with one attached hydrogen (secondary N) is 3. The molecule has 0 atom stereocenters. The predicted octanol–water partition coefficient (Wildman–Crippen LogP) is 4.63. The van der Waals surface area contributed by atoms with Gasteiger partial charge in [0.05, 0.1) is 25.1 Å². The number of hydrogen-bond acceptors (Lipinski definition) is 8. The number of carboxylic acids is 1. The molecule has 0 aliphatic carbocycles. The van der Waals surface area contributed by atoms with E-state index < -0.39 is 12.1 Å². The summed E-state index contributed by atoms with van der Waals surface area (Å²) in [6.07, 6.45) is -3.50. The second kappa shape index (κ2) is 10.5. The first-order valence-electron chi connectivity index (χ1n) is 9.64. The third kappa shape index (κ3) is 6.25. The monoisotopic (exact) mass is 494 g/mol. The van der Waals surface area contributed by atoms with Crippen LogP contribution >= 0.6 is 0 Å². The maximum atomic E-state index is 14.1. The minimum Gasteiger partial charge on any atom is -0.493 e. The van der Waals surface area contributed by atoms with Crippen LogP contribution in [-0.4, -0.2) is 51.6 Å². The fourth-order valence-electron chi connectivity index (χ4n) is 2.77. The zero-order valence-corrected chi connectivity index (χ0v) is 18.1. The van der Waals surface area contributed by atoms with Crippen molar-refractivity contribution in [2.24, 2.45) is 0 Å².